The van der Waals surface area contributed by atoms with Gasteiger partial charge in [0, 0.05) is 10.9 Å². The number of carbonyl (C=O) groups excluding carboxylic acids is 3. The Balaban J connectivity index is 1.86. The molecule has 0 spiro atoms. The SMILES string of the molecule is CCSc1ccccc1C(=O)O[C@@H](C)C(=O)NC(=O)NC1CCCCC1. The fourth-order valence-electron chi connectivity index (χ4n) is 2.88. The summed E-state index contributed by atoms with van der Waals surface area (Å²) in [6, 6.07) is 6.67. The second-order valence-electron chi connectivity index (χ2n) is 6.27. The van der Waals surface area contributed by atoms with Crippen LogP contribution in [0.4, 0.5) is 4.79 Å². The van der Waals surface area contributed by atoms with E-state index in [4.69, 9.17) is 4.74 Å². The molecule has 7 heteroatoms. The predicted octanol–water partition coefficient (Wildman–Crippen LogP) is 3.50. The lowest BCUT2D eigenvalue weighted by atomic mass is 9.96. The van der Waals surface area contributed by atoms with Crippen LogP contribution in [0.2, 0.25) is 0 Å². The molecule has 3 amide bonds. The van der Waals surface area contributed by atoms with Crippen LogP contribution < -0.4 is 10.6 Å². The van der Waals surface area contributed by atoms with Crippen molar-refractivity contribution in [3.05, 3.63) is 29.8 Å². The molecule has 1 atom stereocenters. The van der Waals surface area contributed by atoms with Crippen LogP contribution in [0, 0.1) is 0 Å². The summed E-state index contributed by atoms with van der Waals surface area (Å²) in [4.78, 5) is 37.2. The van der Waals surface area contributed by atoms with E-state index in [-0.39, 0.29) is 6.04 Å². The highest BCUT2D eigenvalue weighted by atomic mass is 32.2. The molecule has 0 bridgehead atoms. The number of hydrogen-bond donors (Lipinski definition) is 2. The number of nitrogens with one attached hydrogen (secondary N) is 2. The summed E-state index contributed by atoms with van der Waals surface area (Å²) >= 11 is 1.53. The molecule has 0 aliphatic heterocycles. The average Bonchev–Trinajstić information content (AvgIpc) is 2.63. The van der Waals surface area contributed by atoms with Crippen LogP contribution in [0.15, 0.2) is 29.2 Å². The Morgan fingerprint density at radius 1 is 1.19 bits per heavy atom. The van der Waals surface area contributed by atoms with E-state index < -0.39 is 24.0 Å². The highest BCUT2D eigenvalue weighted by molar-refractivity contribution is 7.99. The van der Waals surface area contributed by atoms with Crippen molar-refractivity contribution in [1.29, 1.82) is 0 Å². The zero-order valence-corrected chi connectivity index (χ0v) is 16.1. The maximum absolute atomic E-state index is 12.3. The molecule has 142 valence electrons. The summed E-state index contributed by atoms with van der Waals surface area (Å²) in [5, 5.41) is 5.05. The van der Waals surface area contributed by atoms with E-state index in [9.17, 15) is 14.4 Å². The van der Waals surface area contributed by atoms with Crippen molar-refractivity contribution in [3.8, 4) is 0 Å². The number of ether oxygens (including phenoxy) is 1. The summed E-state index contributed by atoms with van der Waals surface area (Å²) in [6.07, 6.45) is 4.16. The molecule has 2 N–H and O–H groups in total. The van der Waals surface area contributed by atoms with Gasteiger partial charge in [-0.1, -0.05) is 38.3 Å². The van der Waals surface area contributed by atoms with Gasteiger partial charge in [-0.25, -0.2) is 9.59 Å². The Hall–Kier alpha value is -2.02. The number of imide groups is 1. The summed E-state index contributed by atoms with van der Waals surface area (Å²) < 4.78 is 5.23. The van der Waals surface area contributed by atoms with Gasteiger partial charge in [0.15, 0.2) is 6.10 Å². The van der Waals surface area contributed by atoms with E-state index in [1.807, 2.05) is 19.1 Å². The van der Waals surface area contributed by atoms with Gasteiger partial charge in [0.2, 0.25) is 0 Å². The van der Waals surface area contributed by atoms with Gasteiger partial charge in [0.25, 0.3) is 5.91 Å². The molecule has 0 heterocycles. The van der Waals surface area contributed by atoms with Crippen molar-refractivity contribution in [2.45, 2.75) is 63.0 Å². The second kappa shape index (κ2) is 10.2. The number of amides is 3. The molecule has 1 aromatic rings. The van der Waals surface area contributed by atoms with E-state index in [1.54, 1.807) is 12.1 Å². The Morgan fingerprint density at radius 2 is 1.88 bits per heavy atom. The van der Waals surface area contributed by atoms with Crippen molar-refractivity contribution in [2.24, 2.45) is 0 Å². The van der Waals surface area contributed by atoms with Gasteiger partial charge in [-0.2, -0.15) is 0 Å². The maximum atomic E-state index is 12.3. The van der Waals surface area contributed by atoms with Gasteiger partial charge in [0.05, 0.1) is 5.56 Å². The molecule has 1 aliphatic carbocycles. The zero-order chi connectivity index (χ0) is 18.9. The molecule has 0 aromatic heterocycles. The molecule has 26 heavy (non-hydrogen) atoms. The van der Waals surface area contributed by atoms with Gasteiger partial charge in [-0.15, -0.1) is 11.8 Å². The number of rotatable bonds is 6. The van der Waals surface area contributed by atoms with Crippen LogP contribution in [0.1, 0.15) is 56.3 Å². The van der Waals surface area contributed by atoms with Crippen molar-refractivity contribution in [2.75, 3.05) is 5.75 Å². The highest BCUT2D eigenvalue weighted by Gasteiger charge is 2.23. The molecular weight excluding hydrogens is 352 g/mol. The Kier molecular flexibility index (Phi) is 7.97. The van der Waals surface area contributed by atoms with E-state index in [0.717, 1.165) is 36.3 Å². The minimum Gasteiger partial charge on any atom is -0.449 e. The number of thioether (sulfide) groups is 1. The molecule has 0 radical (unpaired) electrons. The summed E-state index contributed by atoms with van der Waals surface area (Å²) in [7, 11) is 0. The Morgan fingerprint density at radius 3 is 2.58 bits per heavy atom. The third kappa shape index (κ3) is 6.05. The largest absolute Gasteiger partial charge is 0.449 e. The van der Waals surface area contributed by atoms with Crippen LogP contribution in [-0.2, 0) is 9.53 Å². The minimum absolute atomic E-state index is 0.104. The first-order valence-corrected chi connectivity index (χ1v) is 10.0. The van der Waals surface area contributed by atoms with Crippen LogP contribution in [0.25, 0.3) is 0 Å². The molecule has 6 nitrogen and oxygen atoms in total. The summed E-state index contributed by atoms with van der Waals surface area (Å²) in [5.74, 6) is -0.383. The molecule has 1 fully saturated rings. The summed E-state index contributed by atoms with van der Waals surface area (Å²) in [5.41, 5.74) is 0.422. The molecule has 1 aromatic carbocycles. The van der Waals surface area contributed by atoms with Gasteiger partial charge in [-0.3, -0.25) is 10.1 Å². The maximum Gasteiger partial charge on any atom is 0.340 e. The molecule has 1 aliphatic rings. The third-order valence-corrected chi connectivity index (χ3v) is 5.19. The van der Waals surface area contributed by atoms with Crippen molar-refractivity contribution in [1.82, 2.24) is 10.6 Å². The predicted molar refractivity (Wildman–Crippen MR) is 101 cm³/mol. The fourth-order valence-corrected chi connectivity index (χ4v) is 3.67. The third-order valence-electron chi connectivity index (χ3n) is 4.24. The highest BCUT2D eigenvalue weighted by Crippen LogP contribution is 2.23. The first-order chi connectivity index (χ1) is 12.5. The standard InChI is InChI=1S/C19H26N2O4S/c1-3-26-16-12-8-7-11-15(16)18(23)25-13(2)17(22)21-19(24)20-14-9-5-4-6-10-14/h7-8,11-14H,3-6,9-10H2,1-2H3,(H2,20,21,22,24)/t13-/m0/s1. The Labute approximate surface area is 158 Å². The van der Waals surface area contributed by atoms with Crippen LogP contribution in [0.3, 0.4) is 0 Å². The van der Waals surface area contributed by atoms with Crippen LogP contribution >= 0.6 is 11.8 Å². The first-order valence-electron chi connectivity index (χ1n) is 9.05. The lowest BCUT2D eigenvalue weighted by molar-refractivity contribution is -0.127. The number of urea groups is 1. The zero-order valence-electron chi connectivity index (χ0n) is 15.2. The number of carbonyl (C=O) groups is 3. The minimum atomic E-state index is -1.06. The molecule has 1 saturated carbocycles. The first kappa shape index (κ1) is 20.3. The van der Waals surface area contributed by atoms with E-state index in [0.29, 0.717) is 5.56 Å². The number of benzene rings is 1. The van der Waals surface area contributed by atoms with Gasteiger partial charge < -0.3 is 10.1 Å². The fraction of sp³-hybridized carbons (Fsp3) is 0.526. The lowest BCUT2D eigenvalue weighted by Gasteiger charge is -2.23. The van der Waals surface area contributed by atoms with E-state index in [1.165, 1.54) is 25.1 Å². The Bertz CT molecular complexity index is 644. The van der Waals surface area contributed by atoms with Crippen LogP contribution in [-0.4, -0.2) is 35.8 Å². The topological polar surface area (TPSA) is 84.5 Å². The number of esters is 1. The molecule has 0 unspecified atom stereocenters. The van der Waals surface area contributed by atoms with Crippen LogP contribution in [0.5, 0.6) is 0 Å². The molecular formula is C19H26N2O4S. The smallest absolute Gasteiger partial charge is 0.340 e. The van der Waals surface area contributed by atoms with E-state index in [2.05, 4.69) is 10.6 Å². The van der Waals surface area contributed by atoms with Crippen molar-refractivity contribution >= 4 is 29.7 Å². The van der Waals surface area contributed by atoms with E-state index >= 15 is 0 Å². The average molecular weight is 378 g/mol. The van der Waals surface area contributed by atoms with Gasteiger partial charge >= 0.3 is 12.0 Å². The lowest BCUT2D eigenvalue weighted by Crippen LogP contribution is -2.48. The van der Waals surface area contributed by atoms with Crippen molar-refractivity contribution < 1.29 is 19.1 Å². The number of hydrogen-bond acceptors (Lipinski definition) is 5. The summed E-state index contributed by atoms with van der Waals surface area (Å²) in [6.45, 7) is 3.45. The normalized spacial score (nSPS) is 15.8. The second-order valence-corrected chi connectivity index (χ2v) is 7.58. The quantitative estimate of drug-likeness (QED) is 0.585. The van der Waals surface area contributed by atoms with Gasteiger partial charge in [-0.05, 0) is 37.7 Å². The monoisotopic (exact) mass is 378 g/mol. The molecule has 2 rings (SSSR count). The van der Waals surface area contributed by atoms with Gasteiger partial charge in [0.1, 0.15) is 0 Å². The molecule has 0 saturated heterocycles. The van der Waals surface area contributed by atoms with Crippen molar-refractivity contribution in [3.63, 3.8) is 0 Å².